The highest BCUT2D eigenvalue weighted by molar-refractivity contribution is 6.32. The van der Waals surface area contributed by atoms with E-state index in [1.54, 1.807) is 97.1 Å². The predicted molar refractivity (Wildman–Crippen MR) is 199 cm³/mol. The van der Waals surface area contributed by atoms with E-state index in [1.165, 1.54) is 0 Å². The maximum absolute atomic E-state index is 14.2. The number of ketones is 5. The smallest absolute Gasteiger partial charge is 0.196 e. The second kappa shape index (κ2) is 10.9. The van der Waals surface area contributed by atoms with Gasteiger partial charge in [-0.3, -0.25) is 24.0 Å². The second-order valence-corrected chi connectivity index (χ2v) is 13.1. The molecule has 7 aromatic carbocycles. The Hall–Kier alpha value is -7.25. The Labute approximate surface area is 296 Å². The molecule has 0 aliphatic heterocycles. The number of fused-ring (bicyclic) bond motifs is 6. The summed E-state index contributed by atoms with van der Waals surface area (Å²) in [5.74, 6) is -1.01. The Bertz CT molecular complexity index is 2850. The van der Waals surface area contributed by atoms with Gasteiger partial charge in [0, 0.05) is 66.7 Å². The number of carbonyl (C=O) groups is 5. The van der Waals surface area contributed by atoms with Crippen LogP contribution in [-0.2, 0) is 0 Å². The molecule has 7 aromatic rings. The van der Waals surface area contributed by atoms with Crippen LogP contribution < -0.4 is 10.6 Å². The number of benzene rings is 7. The molecule has 3 aliphatic rings. The lowest BCUT2D eigenvalue weighted by molar-refractivity contribution is 0.0979. The fourth-order valence-electron chi connectivity index (χ4n) is 7.92. The molecule has 0 atom stereocenters. The lowest BCUT2D eigenvalue weighted by Crippen LogP contribution is -2.22. The molecule has 7 heteroatoms. The van der Waals surface area contributed by atoms with Crippen molar-refractivity contribution in [3.8, 4) is 11.1 Å². The normalized spacial score (nSPS) is 13.6. The first-order valence-electron chi connectivity index (χ1n) is 16.8. The molecule has 52 heavy (non-hydrogen) atoms. The van der Waals surface area contributed by atoms with E-state index in [0.29, 0.717) is 78.4 Å². The quantitative estimate of drug-likeness (QED) is 0.192. The third kappa shape index (κ3) is 4.10. The van der Waals surface area contributed by atoms with E-state index >= 15 is 0 Å². The van der Waals surface area contributed by atoms with E-state index in [2.05, 4.69) is 10.6 Å². The zero-order chi connectivity index (χ0) is 35.2. The van der Waals surface area contributed by atoms with Gasteiger partial charge in [-0.15, -0.1) is 0 Å². The average molecular weight is 673 g/mol. The third-order valence-corrected chi connectivity index (χ3v) is 10.3. The first-order chi connectivity index (χ1) is 25.4. The van der Waals surface area contributed by atoms with E-state index < -0.39 is 0 Å². The van der Waals surface area contributed by atoms with Crippen LogP contribution in [0.5, 0.6) is 0 Å². The Morgan fingerprint density at radius 2 is 0.788 bits per heavy atom. The Morgan fingerprint density at radius 3 is 1.40 bits per heavy atom. The number of hydrogen-bond acceptors (Lipinski definition) is 7. The summed E-state index contributed by atoms with van der Waals surface area (Å²) in [4.78, 5) is 68.2. The first-order valence-corrected chi connectivity index (χ1v) is 16.8. The summed E-state index contributed by atoms with van der Waals surface area (Å²) in [5, 5.41) is 8.32. The van der Waals surface area contributed by atoms with Gasteiger partial charge in [0.05, 0.1) is 22.5 Å². The van der Waals surface area contributed by atoms with Crippen molar-refractivity contribution in [3.05, 3.63) is 189 Å². The van der Waals surface area contributed by atoms with Crippen molar-refractivity contribution in [2.24, 2.45) is 0 Å². The molecule has 0 saturated heterocycles. The van der Waals surface area contributed by atoms with Crippen LogP contribution in [0, 0.1) is 0 Å². The van der Waals surface area contributed by atoms with Gasteiger partial charge >= 0.3 is 0 Å². The third-order valence-electron chi connectivity index (χ3n) is 10.3. The van der Waals surface area contributed by atoms with Crippen molar-refractivity contribution >= 4 is 62.4 Å². The molecule has 0 aromatic heterocycles. The highest BCUT2D eigenvalue weighted by Crippen LogP contribution is 2.44. The van der Waals surface area contributed by atoms with Crippen molar-refractivity contribution in [2.45, 2.75) is 0 Å². The van der Waals surface area contributed by atoms with Crippen molar-refractivity contribution < 1.29 is 24.0 Å². The van der Waals surface area contributed by atoms with Crippen LogP contribution in [0.3, 0.4) is 0 Å². The van der Waals surface area contributed by atoms with Crippen LogP contribution in [0.25, 0.3) is 21.9 Å². The lowest BCUT2D eigenvalue weighted by atomic mass is 9.81. The molecule has 0 radical (unpaired) electrons. The monoisotopic (exact) mass is 672 g/mol. The predicted octanol–water partition coefficient (Wildman–Crippen LogP) is 9.09. The lowest BCUT2D eigenvalue weighted by Gasteiger charge is -2.24. The SMILES string of the molecule is O=C1c2ccccc2C(=O)c2c(Nc3ccc4c(c3)C(=O)c3cccc5c(Nc6cccc7c6C(=O)c6ccccc6C7=O)ccc-4c35)cccc21. The maximum atomic E-state index is 14.2. The van der Waals surface area contributed by atoms with Crippen LogP contribution >= 0.6 is 0 Å². The van der Waals surface area contributed by atoms with Crippen molar-refractivity contribution in [1.82, 2.24) is 0 Å². The van der Waals surface area contributed by atoms with Gasteiger partial charge in [-0.25, -0.2) is 0 Å². The fourth-order valence-corrected chi connectivity index (χ4v) is 7.92. The largest absolute Gasteiger partial charge is 0.355 e. The molecular formula is C45H24N2O5. The van der Waals surface area contributed by atoms with Gasteiger partial charge in [0.25, 0.3) is 0 Å². The topological polar surface area (TPSA) is 109 Å². The standard InChI is InChI=1S/C45H24N2O5/c48-41-26-8-1-3-10-28(26)44(51)39-32(41)14-6-16-36(39)46-23-18-19-24-25-20-21-35(30-12-5-13-31(38(25)30)43(50)34(24)22-23)47-37-17-7-15-33-40(37)45(52)29-11-4-2-9-27(29)42(33)49/h1-22,46-47H. The summed E-state index contributed by atoms with van der Waals surface area (Å²) in [7, 11) is 0. The summed E-state index contributed by atoms with van der Waals surface area (Å²) in [5.41, 5.74) is 7.80. The highest BCUT2D eigenvalue weighted by atomic mass is 16.1. The Balaban J connectivity index is 1.03. The number of anilines is 4. The van der Waals surface area contributed by atoms with Crippen LogP contribution in [0.4, 0.5) is 22.7 Å². The van der Waals surface area contributed by atoms with E-state index in [-0.39, 0.29) is 28.9 Å². The van der Waals surface area contributed by atoms with Gasteiger partial charge in [-0.1, -0.05) is 103 Å². The van der Waals surface area contributed by atoms with Gasteiger partial charge in [-0.05, 0) is 41.5 Å². The summed E-state index contributed by atoms with van der Waals surface area (Å²) in [6.07, 6.45) is 0. The first kappa shape index (κ1) is 29.6. The maximum Gasteiger partial charge on any atom is 0.196 e. The molecule has 7 nitrogen and oxygen atoms in total. The molecular weight excluding hydrogens is 649 g/mol. The van der Waals surface area contributed by atoms with Gasteiger partial charge in [0.2, 0.25) is 0 Å². The van der Waals surface area contributed by atoms with Gasteiger partial charge in [0.1, 0.15) is 0 Å². The van der Waals surface area contributed by atoms with Crippen molar-refractivity contribution in [2.75, 3.05) is 10.6 Å². The van der Waals surface area contributed by atoms with E-state index in [0.717, 1.165) is 21.9 Å². The van der Waals surface area contributed by atoms with E-state index in [4.69, 9.17) is 0 Å². The molecule has 0 spiro atoms. The van der Waals surface area contributed by atoms with Gasteiger partial charge in [0.15, 0.2) is 28.9 Å². The van der Waals surface area contributed by atoms with Crippen LogP contribution in [0.2, 0.25) is 0 Å². The van der Waals surface area contributed by atoms with Crippen molar-refractivity contribution in [3.63, 3.8) is 0 Å². The molecule has 3 aliphatic carbocycles. The van der Waals surface area contributed by atoms with E-state index in [1.807, 2.05) is 36.4 Å². The summed E-state index contributed by atoms with van der Waals surface area (Å²) >= 11 is 0. The summed E-state index contributed by atoms with van der Waals surface area (Å²) < 4.78 is 0. The Morgan fingerprint density at radius 1 is 0.308 bits per heavy atom. The number of nitrogens with one attached hydrogen (secondary N) is 2. The van der Waals surface area contributed by atoms with Crippen LogP contribution in [0.15, 0.2) is 133 Å². The van der Waals surface area contributed by atoms with Crippen LogP contribution in [-0.4, -0.2) is 28.9 Å². The minimum atomic E-state index is -0.232. The van der Waals surface area contributed by atoms with E-state index in [9.17, 15) is 24.0 Å². The molecule has 2 N–H and O–H groups in total. The summed E-state index contributed by atoms with van der Waals surface area (Å²) in [6, 6.07) is 39.1. The second-order valence-electron chi connectivity index (χ2n) is 13.1. The molecule has 0 bridgehead atoms. The average Bonchev–Trinajstić information content (AvgIpc) is 3.18. The van der Waals surface area contributed by atoms with Gasteiger partial charge < -0.3 is 10.6 Å². The van der Waals surface area contributed by atoms with Crippen molar-refractivity contribution in [1.29, 1.82) is 0 Å². The molecule has 0 unspecified atom stereocenters. The number of rotatable bonds is 4. The minimum absolute atomic E-state index is 0.154. The van der Waals surface area contributed by atoms with Crippen LogP contribution in [0.1, 0.15) is 79.6 Å². The molecule has 0 saturated carbocycles. The molecule has 244 valence electrons. The number of hydrogen-bond donors (Lipinski definition) is 2. The Kier molecular flexibility index (Phi) is 6.20. The minimum Gasteiger partial charge on any atom is -0.355 e. The zero-order valence-corrected chi connectivity index (χ0v) is 27.2. The zero-order valence-electron chi connectivity index (χ0n) is 27.2. The molecule has 0 heterocycles. The molecule has 10 rings (SSSR count). The fraction of sp³-hybridized carbons (Fsp3) is 0. The summed E-state index contributed by atoms with van der Waals surface area (Å²) in [6.45, 7) is 0. The van der Waals surface area contributed by atoms with Gasteiger partial charge in [-0.2, -0.15) is 0 Å². The molecule has 0 amide bonds. The highest BCUT2D eigenvalue weighted by Gasteiger charge is 2.33. The number of carbonyl (C=O) groups excluding carboxylic acids is 5. The molecule has 0 fully saturated rings.